The van der Waals surface area contributed by atoms with Gasteiger partial charge in [-0.1, -0.05) is 6.07 Å². The molecule has 0 radical (unpaired) electrons. The van der Waals surface area contributed by atoms with E-state index < -0.39 is 30.4 Å². The van der Waals surface area contributed by atoms with E-state index in [1.54, 1.807) is 0 Å². The van der Waals surface area contributed by atoms with Crippen LogP contribution in [0.2, 0.25) is 0 Å². The third-order valence-corrected chi connectivity index (χ3v) is 5.29. The second kappa shape index (κ2) is 10.3. The Balaban J connectivity index is 1.85. The molecular formula is C20H24N2O8. The summed E-state index contributed by atoms with van der Waals surface area (Å²) >= 11 is 0. The maximum atomic E-state index is 12.8. The van der Waals surface area contributed by atoms with Crippen LogP contribution in [0.25, 0.3) is 0 Å². The lowest BCUT2D eigenvalue weighted by molar-refractivity contribution is -0.326. The molecule has 2 aliphatic rings. The molecule has 10 nitrogen and oxygen atoms in total. The third kappa shape index (κ3) is 5.21. The van der Waals surface area contributed by atoms with E-state index in [4.69, 9.17) is 25.0 Å². The number of hydrogen-bond acceptors (Lipinski definition) is 9. The molecule has 1 unspecified atom stereocenters. The number of nitrogens with one attached hydrogen (secondary N) is 1. The fourth-order valence-electron chi connectivity index (χ4n) is 3.65. The Morgan fingerprint density at radius 2 is 1.93 bits per heavy atom. The number of para-hydroxylation sites is 1. The van der Waals surface area contributed by atoms with E-state index >= 15 is 0 Å². The van der Waals surface area contributed by atoms with Crippen LogP contribution in [0.4, 0.5) is 0 Å². The quantitative estimate of drug-likeness (QED) is 0.221. The number of fused-ring (bicyclic) bond motifs is 1. The van der Waals surface area contributed by atoms with E-state index in [1.807, 2.05) is 0 Å². The van der Waals surface area contributed by atoms with Gasteiger partial charge in [0.1, 0.15) is 0 Å². The zero-order valence-corrected chi connectivity index (χ0v) is 16.3. The lowest BCUT2D eigenvalue weighted by Crippen LogP contribution is -2.39. The van der Waals surface area contributed by atoms with Gasteiger partial charge in [-0.25, -0.2) is 19.4 Å². The van der Waals surface area contributed by atoms with Gasteiger partial charge < -0.3 is 20.5 Å². The number of benzene rings is 1. The first-order valence-corrected chi connectivity index (χ1v) is 9.77. The van der Waals surface area contributed by atoms with Gasteiger partial charge in [0.05, 0.1) is 12.1 Å². The van der Waals surface area contributed by atoms with Gasteiger partial charge in [-0.3, -0.25) is 9.59 Å². The summed E-state index contributed by atoms with van der Waals surface area (Å²) in [5, 5.41) is 2.25. The van der Waals surface area contributed by atoms with E-state index in [0.29, 0.717) is 31.7 Å². The average molecular weight is 420 g/mol. The van der Waals surface area contributed by atoms with Crippen LogP contribution in [0.3, 0.4) is 0 Å². The van der Waals surface area contributed by atoms with Crippen LogP contribution in [-0.4, -0.2) is 49.9 Å². The highest BCUT2D eigenvalue weighted by molar-refractivity contribution is 6.02. The van der Waals surface area contributed by atoms with Gasteiger partial charge >= 0.3 is 11.9 Å². The molecule has 0 aromatic heterocycles. The monoisotopic (exact) mass is 420 g/mol. The molecule has 1 aromatic rings. The Bertz CT molecular complexity index is 804. The van der Waals surface area contributed by atoms with Crippen LogP contribution in [0, 0.1) is 11.8 Å². The van der Waals surface area contributed by atoms with Crippen LogP contribution < -0.4 is 20.5 Å². The third-order valence-electron chi connectivity index (χ3n) is 5.29. The number of carbonyl (C=O) groups excluding carboxylic acids is 4. The average Bonchev–Trinajstić information content (AvgIpc) is 2.76. The predicted octanol–water partition coefficient (Wildman–Crippen LogP) is 0.522. The van der Waals surface area contributed by atoms with E-state index in [-0.39, 0.29) is 29.5 Å². The number of Topliss-reactive ketones (excluding diaryl/α,β-unsaturated/α-hetero) is 1. The summed E-state index contributed by atoms with van der Waals surface area (Å²) in [5.41, 5.74) is 5.72. The topological polar surface area (TPSA) is 143 Å². The van der Waals surface area contributed by atoms with Crippen molar-refractivity contribution in [3.63, 3.8) is 0 Å². The molecule has 1 aliphatic carbocycles. The first kappa shape index (κ1) is 21.9. The van der Waals surface area contributed by atoms with Crippen molar-refractivity contribution in [1.29, 1.82) is 0 Å². The lowest BCUT2D eigenvalue weighted by Gasteiger charge is -2.31. The fourth-order valence-corrected chi connectivity index (χ4v) is 3.65. The summed E-state index contributed by atoms with van der Waals surface area (Å²) in [6.45, 7) is -0.289. The molecule has 30 heavy (non-hydrogen) atoms. The molecule has 1 fully saturated rings. The molecule has 1 amide bonds. The molecule has 10 heteroatoms. The number of amides is 1. The van der Waals surface area contributed by atoms with Crippen molar-refractivity contribution < 1.29 is 38.4 Å². The van der Waals surface area contributed by atoms with Crippen LogP contribution in [0.1, 0.15) is 36.0 Å². The summed E-state index contributed by atoms with van der Waals surface area (Å²) in [5.74, 6) is -2.10. The van der Waals surface area contributed by atoms with Crippen LogP contribution >= 0.6 is 0 Å². The van der Waals surface area contributed by atoms with Gasteiger partial charge in [0.2, 0.25) is 6.41 Å². The molecule has 1 aromatic carbocycles. The van der Waals surface area contributed by atoms with Gasteiger partial charge in [0, 0.05) is 0 Å². The largest absolute Gasteiger partial charge is 0.420 e. The molecule has 0 bridgehead atoms. The zero-order chi connectivity index (χ0) is 21.5. The first-order valence-electron chi connectivity index (χ1n) is 9.77. The number of ketones is 1. The van der Waals surface area contributed by atoms with Gasteiger partial charge in [-0.05, 0) is 56.2 Å². The fraction of sp³-hybridized carbons (Fsp3) is 0.500. The minimum atomic E-state index is -1.03. The second-order valence-corrected chi connectivity index (χ2v) is 7.25. The number of hydrogen-bond donors (Lipinski definition) is 2. The van der Waals surface area contributed by atoms with Crippen molar-refractivity contribution in [2.75, 3.05) is 19.7 Å². The van der Waals surface area contributed by atoms with E-state index in [1.165, 1.54) is 18.2 Å². The van der Waals surface area contributed by atoms with Crippen molar-refractivity contribution in [2.24, 2.45) is 17.6 Å². The minimum absolute atomic E-state index is 0.00973. The maximum absolute atomic E-state index is 12.8. The molecule has 1 heterocycles. The minimum Gasteiger partial charge on any atom is -0.420 e. The van der Waals surface area contributed by atoms with Crippen molar-refractivity contribution in [1.82, 2.24) is 5.32 Å². The number of ether oxygens (including phenoxy) is 2. The van der Waals surface area contributed by atoms with Crippen LogP contribution in [0.15, 0.2) is 18.2 Å². The summed E-state index contributed by atoms with van der Waals surface area (Å²) in [6, 6.07) is 4.30. The molecule has 0 spiro atoms. The Hall–Kier alpha value is -2.82. The summed E-state index contributed by atoms with van der Waals surface area (Å²) in [6.07, 6.45) is 2.47. The van der Waals surface area contributed by atoms with Crippen LogP contribution in [-0.2, 0) is 24.2 Å². The molecule has 1 saturated carbocycles. The molecule has 3 N–H and O–H groups in total. The Labute approximate surface area is 172 Å². The number of nitrogens with two attached hydrogens (primary N) is 1. The molecular weight excluding hydrogens is 396 g/mol. The summed E-state index contributed by atoms with van der Waals surface area (Å²) in [7, 11) is 0. The number of rotatable bonds is 6. The summed E-state index contributed by atoms with van der Waals surface area (Å²) < 4.78 is 10.6. The zero-order valence-electron chi connectivity index (χ0n) is 16.3. The molecule has 1 atom stereocenters. The number of carbonyl (C=O) groups is 4. The molecule has 162 valence electrons. The van der Waals surface area contributed by atoms with E-state index in [0.717, 1.165) is 12.8 Å². The molecule has 0 saturated heterocycles. The Morgan fingerprint density at radius 3 is 2.63 bits per heavy atom. The van der Waals surface area contributed by atoms with Gasteiger partial charge in [0.25, 0.3) is 0 Å². The van der Waals surface area contributed by atoms with Crippen molar-refractivity contribution in [3.05, 3.63) is 23.8 Å². The summed E-state index contributed by atoms with van der Waals surface area (Å²) in [4.78, 5) is 58.0. The van der Waals surface area contributed by atoms with Crippen molar-refractivity contribution >= 4 is 24.1 Å². The second-order valence-electron chi connectivity index (χ2n) is 7.25. The first-order chi connectivity index (χ1) is 14.5. The highest BCUT2D eigenvalue weighted by Crippen LogP contribution is 2.36. The lowest BCUT2D eigenvalue weighted by atomic mass is 9.79. The van der Waals surface area contributed by atoms with E-state index in [9.17, 15) is 19.2 Å². The van der Waals surface area contributed by atoms with E-state index in [2.05, 4.69) is 5.32 Å². The Morgan fingerprint density at radius 1 is 1.17 bits per heavy atom. The SMILES string of the molecule is NCC1CCC(C2OOCC(=O)Oc3c(cccc3C(=O)CNC=O)OC2=O)CC1. The molecule has 1 aliphatic heterocycles. The van der Waals surface area contributed by atoms with Gasteiger partial charge in [-0.2, -0.15) is 0 Å². The standard InChI is InChI=1S/C20H24N2O8/c21-8-12-4-6-13(7-5-12)18-20(26)28-16-3-1-2-14(15(24)9-22-11-23)19(16)29-17(25)10-27-30-18/h1-3,11-13,18H,4-10,21H2,(H,22,23). The smallest absolute Gasteiger partial charge is 0.344 e. The van der Waals surface area contributed by atoms with Crippen molar-refractivity contribution in [3.8, 4) is 11.5 Å². The normalized spacial score (nSPS) is 24.8. The van der Waals surface area contributed by atoms with Gasteiger partial charge in [0.15, 0.2) is 30.0 Å². The van der Waals surface area contributed by atoms with Gasteiger partial charge in [-0.15, -0.1) is 0 Å². The predicted molar refractivity (Wildman–Crippen MR) is 101 cm³/mol. The van der Waals surface area contributed by atoms with Crippen molar-refractivity contribution in [2.45, 2.75) is 31.8 Å². The highest BCUT2D eigenvalue weighted by Gasteiger charge is 2.37. The maximum Gasteiger partial charge on any atom is 0.344 e. The molecule has 3 rings (SSSR count). The Kier molecular flexibility index (Phi) is 7.50. The number of esters is 2. The van der Waals surface area contributed by atoms with Crippen LogP contribution in [0.5, 0.6) is 11.5 Å². The highest BCUT2D eigenvalue weighted by atomic mass is 17.2.